The highest BCUT2D eigenvalue weighted by atomic mass is 16.6. The Kier molecular flexibility index (Phi) is 3.58. The molecular weight excluding hydrogens is 288 g/mol. The van der Waals surface area contributed by atoms with Gasteiger partial charge in [-0.2, -0.15) is 0 Å². The normalized spacial score (nSPS) is 15.3. The first-order valence-electron chi connectivity index (χ1n) is 8.01. The van der Waals surface area contributed by atoms with Crippen molar-refractivity contribution >= 4 is 11.6 Å². The lowest BCUT2D eigenvalue weighted by atomic mass is 10.1. The maximum Gasteiger partial charge on any atom is 0.263 e. The number of likely N-dealkylation sites (tertiary alicyclic amines) is 1. The molecule has 23 heavy (non-hydrogen) atoms. The van der Waals surface area contributed by atoms with Gasteiger partial charge in [-0.1, -0.05) is 53.7 Å². The summed E-state index contributed by atoms with van der Waals surface area (Å²) >= 11 is 0. The second-order valence-electron chi connectivity index (χ2n) is 5.89. The molecule has 0 aromatic heterocycles. The molecule has 1 fully saturated rings. The molecule has 4 heteroatoms. The summed E-state index contributed by atoms with van der Waals surface area (Å²) in [5, 5.41) is 4.29. The molecule has 0 bridgehead atoms. The molecule has 2 aromatic carbocycles. The van der Waals surface area contributed by atoms with Crippen LogP contribution in [0.5, 0.6) is 0 Å². The molecule has 1 heterocycles. The molecule has 0 spiro atoms. The molecule has 116 valence electrons. The summed E-state index contributed by atoms with van der Waals surface area (Å²) < 4.78 is 0. The highest BCUT2D eigenvalue weighted by Crippen LogP contribution is 2.36. The van der Waals surface area contributed by atoms with E-state index in [1.165, 1.54) is 0 Å². The van der Waals surface area contributed by atoms with Crippen LogP contribution in [0.4, 0.5) is 0 Å². The minimum absolute atomic E-state index is 0.00777. The van der Waals surface area contributed by atoms with Crippen LogP contribution in [0.3, 0.4) is 0 Å². The Labute approximate surface area is 135 Å². The maximum atomic E-state index is 12.0. The fourth-order valence-corrected chi connectivity index (χ4v) is 3.30. The summed E-state index contributed by atoms with van der Waals surface area (Å²) in [5.74, 6) is 0.0198. The zero-order valence-electron chi connectivity index (χ0n) is 12.9. The van der Waals surface area contributed by atoms with Crippen molar-refractivity contribution in [1.82, 2.24) is 4.90 Å². The van der Waals surface area contributed by atoms with E-state index in [4.69, 9.17) is 4.84 Å². The zero-order valence-corrected chi connectivity index (χ0v) is 12.9. The SMILES string of the molecule is O=C(CON=C1c2ccccc2-c2ccccc21)N1CCCC1. The van der Waals surface area contributed by atoms with Crippen LogP contribution in [-0.2, 0) is 9.63 Å². The lowest BCUT2D eigenvalue weighted by Gasteiger charge is -2.13. The van der Waals surface area contributed by atoms with E-state index in [1.54, 1.807) is 0 Å². The quantitative estimate of drug-likeness (QED) is 0.698. The first kappa shape index (κ1) is 14.0. The van der Waals surface area contributed by atoms with Gasteiger partial charge in [0.2, 0.25) is 0 Å². The molecule has 4 rings (SSSR count). The lowest BCUT2D eigenvalue weighted by Crippen LogP contribution is -2.30. The largest absolute Gasteiger partial charge is 0.385 e. The number of hydrogen-bond acceptors (Lipinski definition) is 3. The smallest absolute Gasteiger partial charge is 0.263 e. The summed E-state index contributed by atoms with van der Waals surface area (Å²) in [5.41, 5.74) is 5.25. The number of amides is 1. The Hall–Kier alpha value is -2.62. The predicted molar refractivity (Wildman–Crippen MR) is 89.3 cm³/mol. The van der Waals surface area contributed by atoms with E-state index in [0.717, 1.165) is 53.9 Å². The van der Waals surface area contributed by atoms with E-state index in [2.05, 4.69) is 17.3 Å². The molecule has 1 amide bonds. The van der Waals surface area contributed by atoms with Gasteiger partial charge in [-0.25, -0.2) is 0 Å². The van der Waals surface area contributed by atoms with Crippen molar-refractivity contribution in [2.45, 2.75) is 12.8 Å². The fourth-order valence-electron chi connectivity index (χ4n) is 3.30. The first-order valence-corrected chi connectivity index (χ1v) is 8.01. The minimum Gasteiger partial charge on any atom is -0.385 e. The monoisotopic (exact) mass is 306 g/mol. The molecule has 2 aromatic rings. The van der Waals surface area contributed by atoms with Crippen molar-refractivity contribution in [2.75, 3.05) is 19.7 Å². The van der Waals surface area contributed by atoms with Crippen molar-refractivity contribution in [3.05, 3.63) is 59.7 Å². The van der Waals surface area contributed by atoms with Crippen molar-refractivity contribution < 1.29 is 9.63 Å². The number of fused-ring (bicyclic) bond motifs is 3. The Morgan fingerprint density at radius 3 is 2.00 bits per heavy atom. The third kappa shape index (κ3) is 2.50. The summed E-state index contributed by atoms with van der Waals surface area (Å²) in [4.78, 5) is 19.3. The molecule has 0 radical (unpaired) electrons. The Morgan fingerprint density at radius 1 is 0.913 bits per heavy atom. The van der Waals surface area contributed by atoms with E-state index in [0.29, 0.717) is 0 Å². The lowest BCUT2D eigenvalue weighted by molar-refractivity contribution is -0.134. The molecule has 0 atom stereocenters. The third-order valence-corrected chi connectivity index (χ3v) is 4.46. The topological polar surface area (TPSA) is 41.9 Å². The van der Waals surface area contributed by atoms with Crippen LogP contribution >= 0.6 is 0 Å². The second kappa shape index (κ2) is 5.88. The number of hydrogen-bond donors (Lipinski definition) is 0. The molecule has 0 saturated carbocycles. The maximum absolute atomic E-state index is 12.0. The molecule has 0 unspecified atom stereocenters. The van der Waals surface area contributed by atoms with Gasteiger partial charge in [-0.15, -0.1) is 0 Å². The highest BCUT2D eigenvalue weighted by molar-refractivity contribution is 6.24. The van der Waals surface area contributed by atoms with Crippen molar-refractivity contribution in [1.29, 1.82) is 0 Å². The van der Waals surface area contributed by atoms with Gasteiger partial charge in [0.05, 0.1) is 0 Å². The van der Waals surface area contributed by atoms with Crippen LogP contribution < -0.4 is 0 Å². The third-order valence-electron chi connectivity index (χ3n) is 4.46. The van der Waals surface area contributed by atoms with Gasteiger partial charge >= 0.3 is 0 Å². The van der Waals surface area contributed by atoms with Gasteiger partial charge in [0.15, 0.2) is 6.61 Å². The molecule has 4 nitrogen and oxygen atoms in total. The molecule has 1 saturated heterocycles. The predicted octanol–water partition coefficient (Wildman–Crippen LogP) is 3.06. The molecule has 1 aliphatic carbocycles. The van der Waals surface area contributed by atoms with Gasteiger partial charge in [0.25, 0.3) is 5.91 Å². The van der Waals surface area contributed by atoms with E-state index >= 15 is 0 Å². The van der Waals surface area contributed by atoms with Gasteiger partial charge in [0.1, 0.15) is 5.71 Å². The number of carbonyl (C=O) groups excluding carboxylic acids is 1. The van der Waals surface area contributed by atoms with Crippen molar-refractivity contribution in [3.8, 4) is 11.1 Å². The Balaban J connectivity index is 1.57. The van der Waals surface area contributed by atoms with Gasteiger partial charge < -0.3 is 9.74 Å². The van der Waals surface area contributed by atoms with Crippen LogP contribution in [0.15, 0.2) is 53.7 Å². The summed E-state index contributed by atoms with van der Waals surface area (Å²) in [7, 11) is 0. The Bertz CT molecular complexity index is 729. The molecule has 0 N–H and O–H groups in total. The van der Waals surface area contributed by atoms with Gasteiger partial charge in [-0.05, 0) is 24.0 Å². The van der Waals surface area contributed by atoms with E-state index in [1.807, 2.05) is 41.3 Å². The van der Waals surface area contributed by atoms with Crippen LogP contribution in [0.25, 0.3) is 11.1 Å². The van der Waals surface area contributed by atoms with Crippen LogP contribution in [-0.4, -0.2) is 36.2 Å². The summed E-state index contributed by atoms with van der Waals surface area (Å²) in [6.07, 6.45) is 2.17. The average molecular weight is 306 g/mol. The highest BCUT2D eigenvalue weighted by Gasteiger charge is 2.25. The van der Waals surface area contributed by atoms with Crippen molar-refractivity contribution in [2.24, 2.45) is 5.16 Å². The number of nitrogens with zero attached hydrogens (tertiary/aromatic N) is 2. The summed E-state index contributed by atoms with van der Waals surface area (Å²) in [6, 6.07) is 16.3. The average Bonchev–Trinajstić information content (AvgIpc) is 3.22. The number of benzene rings is 2. The van der Waals surface area contributed by atoms with Crippen molar-refractivity contribution in [3.63, 3.8) is 0 Å². The van der Waals surface area contributed by atoms with Gasteiger partial charge in [-0.3, -0.25) is 4.79 Å². The van der Waals surface area contributed by atoms with Gasteiger partial charge in [0, 0.05) is 24.2 Å². The number of carbonyl (C=O) groups is 1. The van der Waals surface area contributed by atoms with E-state index < -0.39 is 0 Å². The minimum atomic E-state index is 0.00777. The van der Waals surface area contributed by atoms with Crippen LogP contribution in [0, 0.1) is 0 Å². The first-order chi connectivity index (χ1) is 11.3. The molecular formula is C19H18N2O2. The molecule has 1 aliphatic heterocycles. The number of oxime groups is 1. The Morgan fingerprint density at radius 2 is 1.43 bits per heavy atom. The fraction of sp³-hybridized carbons (Fsp3) is 0.263. The number of rotatable bonds is 3. The summed E-state index contributed by atoms with van der Waals surface area (Å²) in [6.45, 7) is 1.68. The van der Waals surface area contributed by atoms with Crippen LogP contribution in [0.1, 0.15) is 24.0 Å². The standard InChI is InChI=1S/C19H18N2O2/c22-18(21-11-5-6-12-21)13-23-20-19-16-9-3-1-7-14(16)15-8-2-4-10-17(15)19/h1-4,7-10H,5-6,11-13H2. The van der Waals surface area contributed by atoms with Crippen LogP contribution in [0.2, 0.25) is 0 Å². The zero-order chi connectivity index (χ0) is 15.6. The van der Waals surface area contributed by atoms with E-state index in [9.17, 15) is 4.79 Å². The van der Waals surface area contributed by atoms with E-state index in [-0.39, 0.29) is 12.5 Å². The molecule has 2 aliphatic rings. The second-order valence-corrected chi connectivity index (χ2v) is 5.89.